The Hall–Kier alpha value is 0.270. The van der Waals surface area contributed by atoms with Gasteiger partial charge in [-0.05, 0) is 42.6 Å². The predicted octanol–water partition coefficient (Wildman–Crippen LogP) is 1.67. The van der Waals surface area contributed by atoms with Crippen LogP contribution >= 0.6 is 11.8 Å². The van der Waals surface area contributed by atoms with Gasteiger partial charge in [-0.1, -0.05) is 0 Å². The third-order valence-corrected chi connectivity index (χ3v) is 5.39. The molecule has 80 valence electrons. The Morgan fingerprint density at radius 1 is 1.14 bits per heavy atom. The van der Waals surface area contributed by atoms with Crippen LogP contribution in [0.1, 0.15) is 25.7 Å². The summed E-state index contributed by atoms with van der Waals surface area (Å²) < 4.78 is 5.96. The molecule has 0 amide bonds. The van der Waals surface area contributed by atoms with Crippen LogP contribution < -0.4 is 0 Å². The maximum atomic E-state index is 9.71. The van der Waals surface area contributed by atoms with Gasteiger partial charge in [0, 0.05) is 13.0 Å². The van der Waals surface area contributed by atoms with Crippen molar-refractivity contribution >= 4 is 11.8 Å². The monoisotopic (exact) mass is 214 g/mol. The number of ether oxygens (including phenoxy) is 1. The Balaban J connectivity index is 1.73. The van der Waals surface area contributed by atoms with Crippen molar-refractivity contribution in [1.29, 1.82) is 0 Å². The van der Waals surface area contributed by atoms with Crippen LogP contribution in [0.4, 0.5) is 0 Å². The number of aliphatic hydroxyl groups excluding tert-OH is 1. The van der Waals surface area contributed by atoms with Gasteiger partial charge >= 0.3 is 0 Å². The molecule has 3 aliphatic rings. The maximum absolute atomic E-state index is 9.71. The average Bonchev–Trinajstić information content (AvgIpc) is 2.62. The molecular weight excluding hydrogens is 196 g/mol. The van der Waals surface area contributed by atoms with Crippen molar-refractivity contribution in [2.75, 3.05) is 18.1 Å². The molecule has 14 heavy (non-hydrogen) atoms. The molecule has 2 heterocycles. The van der Waals surface area contributed by atoms with E-state index < -0.39 is 0 Å². The van der Waals surface area contributed by atoms with Gasteiger partial charge < -0.3 is 9.84 Å². The predicted molar refractivity (Wildman–Crippen MR) is 57.5 cm³/mol. The Labute approximate surface area is 89.4 Å². The molecule has 0 radical (unpaired) electrons. The standard InChI is InChI=1S/C11H18O2S/c12-10-1-2-13-11(5-10)3-8-6-14-7-9(8)4-11/h8-10,12H,1-7H2. The molecule has 2 nitrogen and oxygen atoms in total. The summed E-state index contributed by atoms with van der Waals surface area (Å²) in [4.78, 5) is 0. The maximum Gasteiger partial charge on any atom is 0.0713 e. The second-order valence-corrected chi connectivity index (χ2v) is 6.22. The van der Waals surface area contributed by atoms with Crippen LogP contribution in [0.25, 0.3) is 0 Å². The molecule has 0 aromatic carbocycles. The summed E-state index contributed by atoms with van der Waals surface area (Å²) in [5, 5.41) is 9.71. The largest absolute Gasteiger partial charge is 0.393 e. The van der Waals surface area contributed by atoms with Crippen molar-refractivity contribution in [2.24, 2.45) is 11.8 Å². The Morgan fingerprint density at radius 3 is 2.50 bits per heavy atom. The summed E-state index contributed by atoms with van der Waals surface area (Å²) in [6, 6.07) is 0. The van der Waals surface area contributed by atoms with Crippen LogP contribution in [-0.4, -0.2) is 34.9 Å². The second kappa shape index (κ2) is 3.39. The second-order valence-electron chi connectivity index (χ2n) is 5.14. The zero-order chi connectivity index (χ0) is 9.60. The molecule has 3 fully saturated rings. The fourth-order valence-corrected chi connectivity index (χ4v) is 4.94. The number of thioether (sulfide) groups is 1. The molecule has 1 N–H and O–H groups in total. The fourth-order valence-electron chi connectivity index (χ4n) is 3.42. The molecular formula is C11H18O2S. The summed E-state index contributed by atoms with van der Waals surface area (Å²) in [6.07, 6.45) is 4.05. The number of fused-ring (bicyclic) bond motifs is 1. The number of hydrogen-bond donors (Lipinski definition) is 1. The van der Waals surface area contributed by atoms with Gasteiger partial charge in [0.2, 0.25) is 0 Å². The van der Waals surface area contributed by atoms with Crippen molar-refractivity contribution in [2.45, 2.75) is 37.4 Å². The van der Waals surface area contributed by atoms with Crippen molar-refractivity contribution in [3.63, 3.8) is 0 Å². The minimum absolute atomic E-state index is 0.0774. The molecule has 2 aliphatic heterocycles. The highest BCUT2D eigenvalue weighted by Crippen LogP contribution is 2.51. The third-order valence-electron chi connectivity index (χ3n) is 4.07. The Bertz CT molecular complexity index is 219. The van der Waals surface area contributed by atoms with Gasteiger partial charge in [0.1, 0.15) is 0 Å². The van der Waals surface area contributed by atoms with Crippen molar-refractivity contribution in [3.8, 4) is 0 Å². The van der Waals surface area contributed by atoms with Gasteiger partial charge in [-0.2, -0.15) is 11.8 Å². The normalized spacial score (nSPS) is 52.5. The topological polar surface area (TPSA) is 29.5 Å². The molecule has 1 aliphatic carbocycles. The van der Waals surface area contributed by atoms with Crippen LogP contribution in [0.2, 0.25) is 0 Å². The lowest BCUT2D eigenvalue weighted by molar-refractivity contribution is -0.116. The van der Waals surface area contributed by atoms with E-state index in [1.165, 1.54) is 24.3 Å². The first-order chi connectivity index (χ1) is 6.77. The number of aliphatic hydroxyl groups is 1. The van der Waals surface area contributed by atoms with Crippen molar-refractivity contribution < 1.29 is 9.84 Å². The molecule has 0 aromatic rings. The summed E-state index contributed by atoms with van der Waals surface area (Å²) in [5.41, 5.74) is 0.0774. The first-order valence-corrected chi connectivity index (χ1v) is 6.83. The van der Waals surface area contributed by atoms with Crippen LogP contribution in [0.5, 0.6) is 0 Å². The van der Waals surface area contributed by atoms with Crippen LogP contribution in [0.15, 0.2) is 0 Å². The quantitative estimate of drug-likeness (QED) is 0.665. The van der Waals surface area contributed by atoms with Gasteiger partial charge in [-0.3, -0.25) is 0 Å². The van der Waals surface area contributed by atoms with E-state index in [0.717, 1.165) is 31.3 Å². The molecule has 3 rings (SSSR count). The van der Waals surface area contributed by atoms with E-state index in [4.69, 9.17) is 4.74 Å². The van der Waals surface area contributed by atoms with Gasteiger partial charge in [0.05, 0.1) is 11.7 Å². The molecule has 2 saturated heterocycles. The summed E-state index contributed by atoms with van der Waals surface area (Å²) >= 11 is 2.10. The molecule has 1 saturated carbocycles. The third kappa shape index (κ3) is 1.50. The summed E-state index contributed by atoms with van der Waals surface area (Å²) in [7, 11) is 0. The lowest BCUT2D eigenvalue weighted by Crippen LogP contribution is -2.40. The van der Waals surface area contributed by atoms with E-state index in [1.54, 1.807) is 0 Å². The zero-order valence-corrected chi connectivity index (χ0v) is 9.26. The van der Waals surface area contributed by atoms with E-state index in [-0.39, 0.29) is 11.7 Å². The minimum Gasteiger partial charge on any atom is -0.393 e. The summed E-state index contributed by atoms with van der Waals surface area (Å²) in [6.45, 7) is 0.772. The first-order valence-electron chi connectivity index (χ1n) is 5.67. The lowest BCUT2D eigenvalue weighted by Gasteiger charge is -2.37. The molecule has 1 spiro atoms. The van der Waals surface area contributed by atoms with Gasteiger partial charge in [0.15, 0.2) is 0 Å². The zero-order valence-electron chi connectivity index (χ0n) is 8.45. The minimum atomic E-state index is -0.102. The Kier molecular flexibility index (Phi) is 2.30. The van der Waals surface area contributed by atoms with Crippen molar-refractivity contribution in [1.82, 2.24) is 0 Å². The first kappa shape index (κ1) is 9.49. The molecule has 0 aromatic heterocycles. The smallest absolute Gasteiger partial charge is 0.0713 e. The number of rotatable bonds is 0. The fraction of sp³-hybridized carbons (Fsp3) is 1.00. The SMILES string of the molecule is OC1CCOC2(C1)CC1CSCC1C2. The lowest BCUT2D eigenvalue weighted by atomic mass is 9.89. The van der Waals surface area contributed by atoms with E-state index in [9.17, 15) is 5.11 Å². The number of hydrogen-bond acceptors (Lipinski definition) is 3. The Morgan fingerprint density at radius 2 is 1.86 bits per heavy atom. The highest BCUT2D eigenvalue weighted by molar-refractivity contribution is 7.99. The highest BCUT2D eigenvalue weighted by atomic mass is 32.2. The molecule has 0 bridgehead atoms. The van der Waals surface area contributed by atoms with Gasteiger partial charge in [-0.25, -0.2) is 0 Å². The molecule has 3 heteroatoms. The van der Waals surface area contributed by atoms with Crippen LogP contribution in [0, 0.1) is 11.8 Å². The van der Waals surface area contributed by atoms with Gasteiger partial charge in [0.25, 0.3) is 0 Å². The van der Waals surface area contributed by atoms with E-state index in [1.807, 2.05) is 0 Å². The van der Waals surface area contributed by atoms with Gasteiger partial charge in [-0.15, -0.1) is 0 Å². The average molecular weight is 214 g/mol. The van der Waals surface area contributed by atoms with Crippen molar-refractivity contribution in [3.05, 3.63) is 0 Å². The molecule has 3 atom stereocenters. The van der Waals surface area contributed by atoms with E-state index >= 15 is 0 Å². The van der Waals surface area contributed by atoms with E-state index in [0.29, 0.717) is 0 Å². The van der Waals surface area contributed by atoms with E-state index in [2.05, 4.69) is 11.8 Å². The van der Waals surface area contributed by atoms with Crippen LogP contribution in [0.3, 0.4) is 0 Å². The highest BCUT2D eigenvalue weighted by Gasteiger charge is 2.49. The summed E-state index contributed by atoms with van der Waals surface area (Å²) in [5.74, 6) is 4.41. The molecule has 3 unspecified atom stereocenters. The van der Waals surface area contributed by atoms with Crippen LogP contribution in [-0.2, 0) is 4.74 Å².